The van der Waals surface area contributed by atoms with E-state index in [1.807, 2.05) is 29.2 Å². The molecule has 112 valence electrons. The average Bonchev–Trinajstić information content (AvgIpc) is 3.17. The Balaban J connectivity index is 1.40. The second kappa shape index (κ2) is 5.46. The van der Waals surface area contributed by atoms with Crippen molar-refractivity contribution in [3.05, 3.63) is 46.2 Å². The molecule has 1 aliphatic rings. The number of hydrogen-bond donors (Lipinski definition) is 1. The van der Waals surface area contributed by atoms with Gasteiger partial charge in [0.15, 0.2) is 5.58 Å². The van der Waals surface area contributed by atoms with Gasteiger partial charge in [-0.1, -0.05) is 12.1 Å². The van der Waals surface area contributed by atoms with E-state index in [1.165, 1.54) is 10.4 Å². The summed E-state index contributed by atoms with van der Waals surface area (Å²) in [6, 6.07) is 10.0. The molecule has 1 amide bonds. The number of aromatic nitrogens is 1. The maximum Gasteiger partial charge on any atom is 0.296 e. The maximum absolute atomic E-state index is 12.3. The van der Waals surface area contributed by atoms with E-state index in [9.17, 15) is 4.79 Å². The van der Waals surface area contributed by atoms with Gasteiger partial charge < -0.3 is 14.6 Å². The first-order valence-electron chi connectivity index (χ1n) is 7.22. The normalized spacial score (nSPS) is 14.1. The number of rotatable bonds is 3. The van der Waals surface area contributed by atoms with Gasteiger partial charge in [-0.3, -0.25) is 4.79 Å². The number of carbonyl (C=O) groups is 1. The first-order chi connectivity index (χ1) is 10.8. The molecule has 3 heterocycles. The highest BCUT2D eigenvalue weighted by Crippen LogP contribution is 2.24. The van der Waals surface area contributed by atoms with Crippen LogP contribution in [0.2, 0.25) is 0 Å². The summed E-state index contributed by atoms with van der Waals surface area (Å²) in [6.45, 7) is 1.68. The smallest absolute Gasteiger partial charge is 0.296 e. The topological polar surface area (TPSA) is 58.4 Å². The summed E-state index contributed by atoms with van der Waals surface area (Å²) in [5.74, 6) is 0.0686. The van der Waals surface area contributed by atoms with Crippen LogP contribution in [0, 0.1) is 0 Å². The van der Waals surface area contributed by atoms with Crippen molar-refractivity contribution in [1.82, 2.24) is 9.88 Å². The van der Waals surface area contributed by atoms with Crippen molar-refractivity contribution in [3.8, 4) is 0 Å². The minimum absolute atomic E-state index is 0.0686. The summed E-state index contributed by atoms with van der Waals surface area (Å²) < 4.78 is 5.56. The van der Waals surface area contributed by atoms with Crippen LogP contribution in [-0.4, -0.2) is 28.9 Å². The Morgan fingerprint density at radius 1 is 1.36 bits per heavy atom. The Hall–Kier alpha value is -2.34. The summed E-state index contributed by atoms with van der Waals surface area (Å²) >= 11 is 1.77. The molecule has 1 aromatic carbocycles. The Morgan fingerprint density at radius 3 is 3.18 bits per heavy atom. The molecule has 0 aliphatic carbocycles. The number of hydrogen-bond acceptors (Lipinski definition) is 5. The molecule has 0 unspecified atom stereocenters. The van der Waals surface area contributed by atoms with E-state index >= 15 is 0 Å². The fraction of sp³-hybridized carbons (Fsp3) is 0.250. The van der Waals surface area contributed by atoms with Gasteiger partial charge >= 0.3 is 0 Å². The molecular formula is C16H15N3O2S. The fourth-order valence-electron chi connectivity index (χ4n) is 2.67. The number of fused-ring (bicyclic) bond motifs is 2. The molecule has 1 N–H and O–H groups in total. The Bertz CT molecular complexity index is 791. The quantitative estimate of drug-likeness (QED) is 0.808. The lowest BCUT2D eigenvalue weighted by Gasteiger charge is -2.27. The number of para-hydroxylation sites is 2. The predicted molar refractivity (Wildman–Crippen MR) is 85.9 cm³/mol. The predicted octanol–water partition coefficient (Wildman–Crippen LogP) is 2.89. The van der Waals surface area contributed by atoms with Crippen LogP contribution in [-0.2, 0) is 17.8 Å². The zero-order valence-corrected chi connectivity index (χ0v) is 12.7. The molecule has 0 atom stereocenters. The van der Waals surface area contributed by atoms with E-state index in [4.69, 9.17) is 4.42 Å². The molecule has 0 saturated heterocycles. The second-order valence-corrected chi connectivity index (χ2v) is 6.28. The van der Waals surface area contributed by atoms with Gasteiger partial charge in [-0.05, 0) is 35.6 Å². The van der Waals surface area contributed by atoms with Crippen LogP contribution in [0.4, 0.5) is 6.01 Å². The molecule has 0 fully saturated rings. The fourth-order valence-corrected chi connectivity index (χ4v) is 3.56. The number of anilines is 1. The van der Waals surface area contributed by atoms with Crippen LogP contribution >= 0.6 is 11.3 Å². The zero-order chi connectivity index (χ0) is 14.9. The molecule has 1 aliphatic heterocycles. The third-order valence-electron chi connectivity index (χ3n) is 3.85. The molecule has 0 bridgehead atoms. The lowest BCUT2D eigenvalue weighted by molar-refractivity contribution is -0.130. The first-order valence-corrected chi connectivity index (χ1v) is 8.10. The average molecular weight is 313 g/mol. The van der Waals surface area contributed by atoms with E-state index in [1.54, 1.807) is 11.3 Å². The highest BCUT2D eigenvalue weighted by molar-refractivity contribution is 7.10. The molecule has 5 nitrogen and oxygen atoms in total. The Labute approximate surface area is 131 Å². The maximum atomic E-state index is 12.3. The number of thiophene rings is 1. The van der Waals surface area contributed by atoms with Crippen LogP contribution in [0.5, 0.6) is 0 Å². The van der Waals surface area contributed by atoms with Crippen LogP contribution in [0.25, 0.3) is 11.1 Å². The lowest BCUT2D eigenvalue weighted by atomic mass is 10.1. The van der Waals surface area contributed by atoms with E-state index in [0.29, 0.717) is 12.6 Å². The van der Waals surface area contributed by atoms with Crippen LogP contribution < -0.4 is 5.32 Å². The van der Waals surface area contributed by atoms with Crippen molar-refractivity contribution >= 4 is 34.4 Å². The lowest BCUT2D eigenvalue weighted by Crippen LogP contribution is -2.38. The van der Waals surface area contributed by atoms with Gasteiger partial charge in [0.1, 0.15) is 5.52 Å². The van der Waals surface area contributed by atoms with Crippen molar-refractivity contribution in [1.29, 1.82) is 0 Å². The van der Waals surface area contributed by atoms with Crippen molar-refractivity contribution in [3.63, 3.8) is 0 Å². The second-order valence-electron chi connectivity index (χ2n) is 5.27. The summed E-state index contributed by atoms with van der Waals surface area (Å²) in [5.41, 5.74) is 2.78. The summed E-state index contributed by atoms with van der Waals surface area (Å²) in [5, 5.41) is 5.08. The minimum Gasteiger partial charge on any atom is -0.424 e. The third kappa shape index (κ3) is 2.46. The van der Waals surface area contributed by atoms with E-state index in [0.717, 1.165) is 24.1 Å². The van der Waals surface area contributed by atoms with Gasteiger partial charge in [-0.25, -0.2) is 0 Å². The largest absolute Gasteiger partial charge is 0.424 e. The van der Waals surface area contributed by atoms with Gasteiger partial charge in [0.25, 0.3) is 6.01 Å². The first kappa shape index (κ1) is 13.3. The van der Waals surface area contributed by atoms with Crippen LogP contribution in [0.15, 0.2) is 40.1 Å². The number of amides is 1. The summed E-state index contributed by atoms with van der Waals surface area (Å²) in [6.07, 6.45) is 0.946. The zero-order valence-electron chi connectivity index (χ0n) is 11.9. The number of nitrogens with one attached hydrogen (secondary N) is 1. The molecule has 0 saturated carbocycles. The van der Waals surface area contributed by atoms with Gasteiger partial charge in [0.2, 0.25) is 5.91 Å². The van der Waals surface area contributed by atoms with Crippen molar-refractivity contribution in [2.24, 2.45) is 0 Å². The van der Waals surface area contributed by atoms with Crippen molar-refractivity contribution in [2.75, 3.05) is 18.4 Å². The third-order valence-corrected chi connectivity index (χ3v) is 4.87. The standard InChI is InChI=1S/C16H15N3O2S/c20-15(19-7-5-14-11(10-19)6-8-22-14)9-17-16-18-12-3-1-2-4-13(12)21-16/h1-4,6,8H,5,7,9-10H2,(H,17,18). The Kier molecular flexibility index (Phi) is 3.31. The molecule has 2 aromatic heterocycles. The molecule has 6 heteroatoms. The van der Waals surface area contributed by atoms with Crippen LogP contribution in [0.1, 0.15) is 10.4 Å². The number of carbonyl (C=O) groups excluding carboxylic acids is 1. The van der Waals surface area contributed by atoms with Crippen molar-refractivity contribution in [2.45, 2.75) is 13.0 Å². The van der Waals surface area contributed by atoms with Gasteiger partial charge in [0, 0.05) is 18.0 Å². The number of oxazole rings is 1. The van der Waals surface area contributed by atoms with E-state index in [-0.39, 0.29) is 12.5 Å². The molecular weight excluding hydrogens is 298 g/mol. The highest BCUT2D eigenvalue weighted by Gasteiger charge is 2.21. The Morgan fingerprint density at radius 2 is 2.27 bits per heavy atom. The van der Waals surface area contributed by atoms with E-state index < -0.39 is 0 Å². The molecule has 22 heavy (non-hydrogen) atoms. The van der Waals surface area contributed by atoms with Gasteiger partial charge in [-0.2, -0.15) is 4.98 Å². The number of nitrogens with zero attached hydrogens (tertiary/aromatic N) is 2. The molecule has 3 aromatic rings. The van der Waals surface area contributed by atoms with Crippen LogP contribution in [0.3, 0.4) is 0 Å². The molecule has 0 spiro atoms. The van der Waals surface area contributed by atoms with Gasteiger partial charge in [0.05, 0.1) is 6.54 Å². The highest BCUT2D eigenvalue weighted by atomic mass is 32.1. The summed E-state index contributed by atoms with van der Waals surface area (Å²) in [7, 11) is 0. The monoisotopic (exact) mass is 313 g/mol. The summed E-state index contributed by atoms with van der Waals surface area (Å²) in [4.78, 5) is 19.9. The molecule has 4 rings (SSSR count). The minimum atomic E-state index is 0.0686. The SMILES string of the molecule is O=C(CNc1nc2ccccc2o1)N1CCc2sccc2C1. The molecule has 0 radical (unpaired) electrons. The van der Waals surface area contributed by atoms with Crippen molar-refractivity contribution < 1.29 is 9.21 Å². The number of benzene rings is 1. The van der Waals surface area contributed by atoms with Gasteiger partial charge in [-0.15, -0.1) is 11.3 Å². The van der Waals surface area contributed by atoms with E-state index in [2.05, 4.69) is 21.7 Å².